The van der Waals surface area contributed by atoms with E-state index in [2.05, 4.69) is 10.2 Å². The molecule has 29 heavy (non-hydrogen) atoms. The molecule has 1 heterocycles. The standard InChI is InChI=1S/C21H22N2O6/c1-12-6-13(2)8-15(7-12)21(24)28-11-18-22-23-20(29-18)14-9-16(25-3)19(27-5)17(10-14)26-4/h6-10H,11H2,1-5H3. The molecule has 0 spiro atoms. The van der Waals surface area contributed by atoms with Crippen LogP contribution in [0.5, 0.6) is 17.2 Å². The lowest BCUT2D eigenvalue weighted by atomic mass is 10.1. The first-order chi connectivity index (χ1) is 13.9. The van der Waals surface area contributed by atoms with Gasteiger partial charge in [-0.25, -0.2) is 4.79 Å². The largest absolute Gasteiger partial charge is 0.493 e. The molecule has 0 N–H and O–H groups in total. The first-order valence-corrected chi connectivity index (χ1v) is 8.83. The summed E-state index contributed by atoms with van der Waals surface area (Å²) in [6, 6.07) is 8.91. The fourth-order valence-electron chi connectivity index (χ4n) is 2.94. The topological polar surface area (TPSA) is 92.9 Å². The molecular weight excluding hydrogens is 376 g/mol. The molecule has 0 aliphatic carbocycles. The molecule has 152 valence electrons. The maximum Gasteiger partial charge on any atom is 0.338 e. The molecule has 0 saturated carbocycles. The van der Waals surface area contributed by atoms with Crippen molar-refractivity contribution in [3.8, 4) is 28.7 Å². The zero-order chi connectivity index (χ0) is 21.0. The summed E-state index contributed by atoms with van der Waals surface area (Å²) in [7, 11) is 4.56. The van der Waals surface area contributed by atoms with Gasteiger partial charge in [-0.2, -0.15) is 0 Å². The fraction of sp³-hybridized carbons (Fsp3) is 0.286. The first kappa shape index (κ1) is 20.2. The van der Waals surface area contributed by atoms with E-state index in [0.717, 1.165) is 11.1 Å². The fourth-order valence-corrected chi connectivity index (χ4v) is 2.94. The molecule has 8 nitrogen and oxygen atoms in total. The van der Waals surface area contributed by atoms with Gasteiger partial charge in [-0.15, -0.1) is 10.2 Å². The predicted octanol–water partition coefficient (Wildman–Crippen LogP) is 3.74. The van der Waals surface area contributed by atoms with Crippen LogP contribution in [0.4, 0.5) is 0 Å². The van der Waals surface area contributed by atoms with Crippen LogP contribution in [0.15, 0.2) is 34.7 Å². The second kappa shape index (κ2) is 8.64. The van der Waals surface area contributed by atoms with Gasteiger partial charge in [0.15, 0.2) is 18.1 Å². The number of benzene rings is 2. The van der Waals surface area contributed by atoms with E-state index < -0.39 is 5.97 Å². The summed E-state index contributed by atoms with van der Waals surface area (Å²) in [4.78, 5) is 12.3. The van der Waals surface area contributed by atoms with E-state index in [1.165, 1.54) is 21.3 Å². The van der Waals surface area contributed by atoms with Gasteiger partial charge < -0.3 is 23.4 Å². The zero-order valence-corrected chi connectivity index (χ0v) is 16.9. The number of methoxy groups -OCH3 is 3. The highest BCUT2D eigenvalue weighted by atomic mass is 16.5. The number of ether oxygens (including phenoxy) is 4. The molecule has 0 amide bonds. The SMILES string of the molecule is COc1cc(-c2nnc(COC(=O)c3cc(C)cc(C)c3)o2)cc(OC)c1OC. The van der Waals surface area contributed by atoms with Gasteiger partial charge >= 0.3 is 5.97 Å². The lowest BCUT2D eigenvalue weighted by Gasteiger charge is -2.12. The number of esters is 1. The van der Waals surface area contributed by atoms with Crippen LogP contribution < -0.4 is 14.2 Å². The lowest BCUT2D eigenvalue weighted by molar-refractivity contribution is 0.0438. The molecule has 0 aliphatic heterocycles. The Kier molecular flexibility index (Phi) is 6.01. The van der Waals surface area contributed by atoms with Gasteiger partial charge in [0.25, 0.3) is 5.89 Å². The Morgan fingerprint density at radius 3 is 2.07 bits per heavy atom. The van der Waals surface area contributed by atoms with Crippen LogP contribution in [-0.2, 0) is 11.3 Å². The van der Waals surface area contributed by atoms with Crippen molar-refractivity contribution in [1.82, 2.24) is 10.2 Å². The van der Waals surface area contributed by atoms with Crippen molar-refractivity contribution in [2.75, 3.05) is 21.3 Å². The van der Waals surface area contributed by atoms with Crippen LogP contribution in [0.1, 0.15) is 27.4 Å². The minimum atomic E-state index is -0.454. The normalized spacial score (nSPS) is 10.5. The van der Waals surface area contributed by atoms with E-state index in [-0.39, 0.29) is 18.4 Å². The van der Waals surface area contributed by atoms with E-state index in [4.69, 9.17) is 23.4 Å². The summed E-state index contributed by atoms with van der Waals surface area (Å²) in [6.45, 7) is 3.71. The van der Waals surface area contributed by atoms with Gasteiger partial charge in [-0.3, -0.25) is 0 Å². The highest BCUT2D eigenvalue weighted by Crippen LogP contribution is 2.40. The second-order valence-corrected chi connectivity index (χ2v) is 6.37. The molecule has 0 aliphatic rings. The summed E-state index contributed by atoms with van der Waals surface area (Å²) in [6.07, 6.45) is 0. The Labute approximate surface area is 168 Å². The minimum absolute atomic E-state index is 0.136. The Bertz CT molecular complexity index is 983. The molecule has 0 radical (unpaired) electrons. The lowest BCUT2D eigenvalue weighted by Crippen LogP contribution is -2.06. The molecule has 0 saturated heterocycles. The molecule has 1 aromatic heterocycles. The number of aromatic nitrogens is 2. The van der Waals surface area contributed by atoms with Gasteiger partial charge in [-0.1, -0.05) is 17.2 Å². The summed E-state index contributed by atoms with van der Waals surface area (Å²) in [5, 5.41) is 7.95. The van der Waals surface area contributed by atoms with Crippen molar-refractivity contribution >= 4 is 5.97 Å². The molecule has 2 aromatic carbocycles. The van der Waals surface area contributed by atoms with Crippen LogP contribution in [0, 0.1) is 13.8 Å². The van der Waals surface area contributed by atoms with Crippen LogP contribution in [0.25, 0.3) is 11.5 Å². The van der Waals surface area contributed by atoms with Gasteiger partial charge in [0.1, 0.15) is 0 Å². The Morgan fingerprint density at radius 1 is 0.897 bits per heavy atom. The molecular formula is C21H22N2O6. The smallest absolute Gasteiger partial charge is 0.338 e. The van der Waals surface area contributed by atoms with Crippen molar-refractivity contribution < 1.29 is 28.2 Å². The third-order valence-corrected chi connectivity index (χ3v) is 4.16. The number of rotatable bonds is 7. The summed E-state index contributed by atoms with van der Waals surface area (Å²) in [5.74, 6) is 1.34. The van der Waals surface area contributed by atoms with E-state index in [0.29, 0.717) is 28.4 Å². The predicted molar refractivity (Wildman–Crippen MR) is 104 cm³/mol. The monoisotopic (exact) mass is 398 g/mol. The second-order valence-electron chi connectivity index (χ2n) is 6.37. The third-order valence-electron chi connectivity index (χ3n) is 4.16. The number of nitrogens with zero attached hydrogens (tertiary/aromatic N) is 2. The Morgan fingerprint density at radius 2 is 1.52 bits per heavy atom. The quantitative estimate of drug-likeness (QED) is 0.556. The zero-order valence-electron chi connectivity index (χ0n) is 16.9. The van der Waals surface area contributed by atoms with Gasteiger partial charge in [0.2, 0.25) is 11.6 Å². The van der Waals surface area contributed by atoms with Crippen molar-refractivity contribution in [3.05, 3.63) is 52.9 Å². The summed E-state index contributed by atoms with van der Waals surface area (Å²) < 4.78 is 26.9. The number of carbonyl (C=O) groups is 1. The minimum Gasteiger partial charge on any atom is -0.493 e. The molecule has 3 aromatic rings. The first-order valence-electron chi connectivity index (χ1n) is 8.83. The molecule has 3 rings (SSSR count). The summed E-state index contributed by atoms with van der Waals surface area (Å²) >= 11 is 0. The third kappa shape index (κ3) is 4.48. The molecule has 0 unspecified atom stereocenters. The highest BCUT2D eigenvalue weighted by molar-refractivity contribution is 5.89. The van der Waals surface area contributed by atoms with Crippen LogP contribution in [0.2, 0.25) is 0 Å². The van der Waals surface area contributed by atoms with Crippen LogP contribution in [-0.4, -0.2) is 37.5 Å². The molecule has 0 fully saturated rings. The Hall–Kier alpha value is -3.55. The van der Waals surface area contributed by atoms with Crippen molar-refractivity contribution in [1.29, 1.82) is 0 Å². The maximum atomic E-state index is 12.3. The van der Waals surface area contributed by atoms with Crippen LogP contribution in [0.3, 0.4) is 0 Å². The van der Waals surface area contributed by atoms with E-state index in [1.54, 1.807) is 24.3 Å². The average Bonchev–Trinajstić information content (AvgIpc) is 3.19. The Balaban J connectivity index is 1.76. The van der Waals surface area contributed by atoms with E-state index >= 15 is 0 Å². The van der Waals surface area contributed by atoms with E-state index in [9.17, 15) is 4.79 Å². The van der Waals surface area contributed by atoms with E-state index in [1.807, 2.05) is 19.9 Å². The van der Waals surface area contributed by atoms with Crippen molar-refractivity contribution in [3.63, 3.8) is 0 Å². The number of hydrogen-bond acceptors (Lipinski definition) is 8. The van der Waals surface area contributed by atoms with Crippen LogP contribution >= 0.6 is 0 Å². The molecule has 0 atom stereocenters. The van der Waals surface area contributed by atoms with Crippen molar-refractivity contribution in [2.24, 2.45) is 0 Å². The van der Waals surface area contributed by atoms with Gasteiger partial charge in [0.05, 0.1) is 26.9 Å². The number of aryl methyl sites for hydroxylation is 2. The number of carbonyl (C=O) groups excluding carboxylic acids is 1. The van der Waals surface area contributed by atoms with Gasteiger partial charge in [0, 0.05) is 5.56 Å². The van der Waals surface area contributed by atoms with Crippen molar-refractivity contribution in [2.45, 2.75) is 20.5 Å². The summed E-state index contributed by atoms with van der Waals surface area (Å²) in [5.41, 5.74) is 3.03. The van der Waals surface area contributed by atoms with Gasteiger partial charge in [-0.05, 0) is 38.1 Å². The molecule has 8 heteroatoms. The highest BCUT2D eigenvalue weighted by Gasteiger charge is 2.18. The number of hydrogen-bond donors (Lipinski definition) is 0. The molecule has 0 bridgehead atoms. The maximum absolute atomic E-state index is 12.3. The average molecular weight is 398 g/mol.